The van der Waals surface area contributed by atoms with E-state index in [9.17, 15) is 0 Å². The number of likely N-dealkylation sites (tertiary alicyclic amines) is 1. The average molecular weight is 347 g/mol. The summed E-state index contributed by atoms with van der Waals surface area (Å²) in [4.78, 5) is 10.3. The Balaban J connectivity index is 1.38. The maximum absolute atomic E-state index is 5.82. The lowest BCUT2D eigenvalue weighted by Gasteiger charge is -2.26. The van der Waals surface area contributed by atoms with Gasteiger partial charge < -0.3 is 14.1 Å². The highest BCUT2D eigenvalue weighted by Gasteiger charge is 2.14. The van der Waals surface area contributed by atoms with E-state index >= 15 is 0 Å². The van der Waals surface area contributed by atoms with Gasteiger partial charge in [-0.05, 0) is 55.8 Å². The molecule has 5 rings (SSSR count). The number of aromatic amines is 1. The fourth-order valence-electron chi connectivity index (χ4n) is 3.71. The number of para-hydroxylation sites is 2. The summed E-state index contributed by atoms with van der Waals surface area (Å²) in [5.41, 5.74) is 3.94. The number of oxazole rings is 1. The van der Waals surface area contributed by atoms with E-state index in [1.807, 2.05) is 36.4 Å². The monoisotopic (exact) mass is 347 g/mol. The Bertz CT molecular complexity index is 1010. The number of nitrogens with zero attached hydrogens (tertiary/aromatic N) is 2. The van der Waals surface area contributed by atoms with Crippen LogP contribution >= 0.6 is 0 Å². The quantitative estimate of drug-likeness (QED) is 0.559. The van der Waals surface area contributed by atoms with Crippen LogP contribution in [0.5, 0.6) is 11.8 Å². The van der Waals surface area contributed by atoms with Crippen LogP contribution in [0.15, 0.2) is 53.1 Å². The second-order valence-corrected chi connectivity index (χ2v) is 6.91. The van der Waals surface area contributed by atoms with Gasteiger partial charge in [-0.3, -0.25) is 4.90 Å². The standard InChI is InChI=1S/C21H21N3O2/c1-4-10-24(11-5-1)14-15-13-22-19-12-16(8-9-17(15)19)25-21-23-18-6-2-3-7-20(18)26-21/h2-3,6-9,12-13,22H,1,4-5,10-11,14H2. The normalized spacial score (nSPS) is 15.7. The molecule has 5 nitrogen and oxygen atoms in total. The molecule has 1 aliphatic heterocycles. The van der Waals surface area contributed by atoms with Gasteiger partial charge in [0.05, 0.1) is 0 Å². The minimum absolute atomic E-state index is 0.269. The Labute approximate surface area is 151 Å². The molecule has 2 aromatic carbocycles. The van der Waals surface area contributed by atoms with Crippen LogP contribution in [0.2, 0.25) is 0 Å². The molecule has 0 amide bonds. The van der Waals surface area contributed by atoms with Crippen molar-refractivity contribution in [2.24, 2.45) is 0 Å². The van der Waals surface area contributed by atoms with Crippen molar-refractivity contribution in [3.05, 3.63) is 54.2 Å². The number of aromatic nitrogens is 2. The molecule has 132 valence electrons. The lowest BCUT2D eigenvalue weighted by molar-refractivity contribution is 0.221. The molecule has 0 bridgehead atoms. The first-order valence-corrected chi connectivity index (χ1v) is 9.21. The Hall–Kier alpha value is -2.79. The van der Waals surface area contributed by atoms with E-state index in [0.717, 1.165) is 28.9 Å². The predicted molar refractivity (Wildman–Crippen MR) is 102 cm³/mol. The largest absolute Gasteiger partial charge is 0.411 e. The number of H-pyrrole nitrogens is 1. The first kappa shape index (κ1) is 15.5. The second kappa shape index (κ2) is 6.50. The molecular weight excluding hydrogens is 326 g/mol. The van der Waals surface area contributed by atoms with Gasteiger partial charge in [0.15, 0.2) is 5.58 Å². The molecule has 4 aromatic rings. The minimum atomic E-state index is 0.269. The highest BCUT2D eigenvalue weighted by molar-refractivity contribution is 5.84. The molecule has 0 atom stereocenters. The van der Waals surface area contributed by atoms with E-state index < -0.39 is 0 Å². The summed E-state index contributed by atoms with van der Waals surface area (Å²) in [5, 5.41) is 1.25. The van der Waals surface area contributed by atoms with Gasteiger partial charge in [-0.15, -0.1) is 0 Å². The average Bonchev–Trinajstić information content (AvgIpc) is 3.26. The fraction of sp³-hybridized carbons (Fsp3) is 0.286. The molecular formula is C21H21N3O2. The predicted octanol–water partition coefficient (Wildman–Crippen LogP) is 5.09. The van der Waals surface area contributed by atoms with Crippen LogP contribution in [0.25, 0.3) is 22.0 Å². The van der Waals surface area contributed by atoms with E-state index in [4.69, 9.17) is 9.15 Å². The van der Waals surface area contributed by atoms with E-state index in [1.54, 1.807) is 0 Å². The second-order valence-electron chi connectivity index (χ2n) is 6.91. The van der Waals surface area contributed by atoms with Crippen LogP contribution in [0.3, 0.4) is 0 Å². The molecule has 26 heavy (non-hydrogen) atoms. The molecule has 0 unspecified atom stereocenters. The summed E-state index contributed by atoms with van der Waals surface area (Å²) in [6.45, 7) is 3.41. The first-order valence-electron chi connectivity index (χ1n) is 9.21. The van der Waals surface area contributed by atoms with E-state index in [-0.39, 0.29) is 6.08 Å². The third kappa shape index (κ3) is 2.95. The zero-order valence-corrected chi connectivity index (χ0v) is 14.6. The molecule has 3 heterocycles. The van der Waals surface area contributed by atoms with E-state index in [0.29, 0.717) is 0 Å². The maximum atomic E-state index is 5.82. The van der Waals surface area contributed by atoms with Crippen LogP contribution in [0.4, 0.5) is 0 Å². The molecule has 0 radical (unpaired) electrons. The molecule has 0 aliphatic carbocycles. The van der Waals surface area contributed by atoms with E-state index in [1.165, 1.54) is 43.3 Å². The van der Waals surface area contributed by atoms with Gasteiger partial charge in [0.25, 0.3) is 0 Å². The zero-order valence-electron chi connectivity index (χ0n) is 14.6. The van der Waals surface area contributed by atoms with Gasteiger partial charge >= 0.3 is 6.08 Å². The van der Waals surface area contributed by atoms with Gasteiger partial charge in [-0.2, -0.15) is 4.98 Å². The zero-order chi connectivity index (χ0) is 17.3. The lowest BCUT2D eigenvalue weighted by Crippen LogP contribution is -2.28. The van der Waals surface area contributed by atoms with Crippen molar-refractivity contribution in [3.8, 4) is 11.8 Å². The van der Waals surface area contributed by atoms with Crippen LogP contribution in [0, 0.1) is 0 Å². The fourth-order valence-corrected chi connectivity index (χ4v) is 3.71. The van der Waals surface area contributed by atoms with Crippen LogP contribution in [0.1, 0.15) is 24.8 Å². The van der Waals surface area contributed by atoms with Crippen molar-refractivity contribution in [1.29, 1.82) is 0 Å². The van der Waals surface area contributed by atoms with Gasteiger partial charge in [0.1, 0.15) is 11.3 Å². The van der Waals surface area contributed by atoms with Crippen molar-refractivity contribution >= 4 is 22.0 Å². The number of fused-ring (bicyclic) bond motifs is 2. The molecule has 1 aliphatic rings. The summed E-state index contributed by atoms with van der Waals surface area (Å²) in [7, 11) is 0. The number of benzene rings is 2. The van der Waals surface area contributed by atoms with Crippen molar-refractivity contribution in [2.75, 3.05) is 13.1 Å². The van der Waals surface area contributed by atoms with Crippen molar-refractivity contribution in [2.45, 2.75) is 25.8 Å². The Morgan fingerprint density at radius 1 is 1.08 bits per heavy atom. The van der Waals surface area contributed by atoms with Gasteiger partial charge in [0.2, 0.25) is 0 Å². The highest BCUT2D eigenvalue weighted by Crippen LogP contribution is 2.29. The summed E-state index contributed by atoms with van der Waals surface area (Å²) in [5.74, 6) is 0.718. The molecule has 0 saturated carbocycles. The Kier molecular flexibility index (Phi) is 3.87. The first-order chi connectivity index (χ1) is 12.8. The summed E-state index contributed by atoms with van der Waals surface area (Å²) >= 11 is 0. The molecule has 1 N–H and O–H groups in total. The highest BCUT2D eigenvalue weighted by atomic mass is 16.6. The van der Waals surface area contributed by atoms with Crippen LogP contribution in [-0.4, -0.2) is 28.0 Å². The topological polar surface area (TPSA) is 54.3 Å². The minimum Gasteiger partial charge on any atom is -0.411 e. The molecule has 5 heteroatoms. The van der Waals surface area contributed by atoms with Crippen LogP contribution in [-0.2, 0) is 6.54 Å². The maximum Gasteiger partial charge on any atom is 0.400 e. The van der Waals surface area contributed by atoms with E-state index in [2.05, 4.69) is 27.1 Å². The number of piperidine rings is 1. The number of hydrogen-bond donors (Lipinski definition) is 1. The summed E-state index contributed by atoms with van der Waals surface area (Å²) in [6.07, 6.45) is 6.37. The third-order valence-corrected chi connectivity index (χ3v) is 5.06. The van der Waals surface area contributed by atoms with Gasteiger partial charge in [-0.1, -0.05) is 18.6 Å². The number of nitrogens with one attached hydrogen (secondary N) is 1. The number of hydrogen-bond acceptors (Lipinski definition) is 4. The van der Waals surface area contributed by atoms with Gasteiger partial charge in [-0.25, -0.2) is 0 Å². The summed E-state index contributed by atoms with van der Waals surface area (Å²) in [6, 6.07) is 13.7. The Morgan fingerprint density at radius 3 is 2.85 bits per heavy atom. The molecule has 2 aromatic heterocycles. The van der Waals surface area contributed by atoms with Crippen LogP contribution < -0.4 is 4.74 Å². The number of ether oxygens (including phenoxy) is 1. The lowest BCUT2D eigenvalue weighted by atomic mass is 10.1. The molecule has 0 spiro atoms. The number of rotatable bonds is 4. The third-order valence-electron chi connectivity index (χ3n) is 5.06. The van der Waals surface area contributed by atoms with Gasteiger partial charge in [0, 0.05) is 29.7 Å². The summed E-state index contributed by atoms with van der Waals surface area (Å²) < 4.78 is 11.5. The Morgan fingerprint density at radius 2 is 1.96 bits per heavy atom. The molecule has 1 saturated heterocycles. The smallest absolute Gasteiger partial charge is 0.400 e. The van der Waals surface area contributed by atoms with Crippen molar-refractivity contribution in [3.63, 3.8) is 0 Å². The van der Waals surface area contributed by atoms with Crippen molar-refractivity contribution in [1.82, 2.24) is 14.9 Å². The molecule has 1 fully saturated rings. The SMILES string of the molecule is c1ccc2oc(Oc3ccc4c(CN5CCCCC5)c[nH]c4c3)nc2c1. The van der Waals surface area contributed by atoms with Crippen molar-refractivity contribution < 1.29 is 9.15 Å².